The van der Waals surface area contributed by atoms with Crippen molar-refractivity contribution in [1.29, 1.82) is 5.26 Å². The Kier molecular flexibility index (Phi) is 6.45. The summed E-state index contributed by atoms with van der Waals surface area (Å²) in [6, 6.07) is 9.56. The van der Waals surface area contributed by atoms with Crippen LogP contribution in [-0.2, 0) is 4.79 Å². The van der Waals surface area contributed by atoms with E-state index < -0.39 is 11.7 Å². The zero-order valence-corrected chi connectivity index (χ0v) is 19.2. The molecule has 0 spiro atoms. The molecule has 0 fully saturated rings. The van der Waals surface area contributed by atoms with Gasteiger partial charge in [0.15, 0.2) is 0 Å². The first-order valence-corrected chi connectivity index (χ1v) is 10.5. The lowest BCUT2D eigenvalue weighted by Crippen LogP contribution is -2.45. The fourth-order valence-electron chi connectivity index (χ4n) is 3.89. The van der Waals surface area contributed by atoms with E-state index in [1.165, 1.54) is 24.3 Å². The fraction of sp³-hybridized carbons (Fsp3) is 0.250. The average molecular weight is 458 g/mol. The van der Waals surface area contributed by atoms with E-state index in [4.69, 9.17) is 23.2 Å². The number of likely N-dealkylation sites (N-methyl/N-ethyl adjacent to an activating group) is 1. The Hall–Kier alpha value is -2.81. The highest BCUT2D eigenvalue weighted by molar-refractivity contribution is 6.36. The Labute approximate surface area is 191 Å². The molecule has 1 aliphatic heterocycles. The van der Waals surface area contributed by atoms with Gasteiger partial charge in [0.2, 0.25) is 0 Å². The minimum Gasteiger partial charge on any atom is -0.363 e. The number of hydrogen-bond donors (Lipinski definition) is 1. The molecule has 0 unspecified atom stereocenters. The number of carbonyl (C=O) groups is 1. The second-order valence-corrected chi connectivity index (χ2v) is 8.71. The number of amides is 1. The molecule has 2 aromatic rings. The van der Waals surface area contributed by atoms with Crippen LogP contribution in [0.15, 0.2) is 42.0 Å². The highest BCUT2D eigenvalue weighted by Gasteiger charge is 2.31. The van der Waals surface area contributed by atoms with Crippen LogP contribution >= 0.6 is 23.2 Å². The standard InChI is InChI=1S/C24H22Cl2FN3O/c1-5-30-22-11-20(27)15(9-18(22)14(2)12-24(30,3)4)8-16(13-28)23(31)29-21-7-6-17(25)10-19(21)26/h6-12H,5H2,1-4H3,(H,29,31)/b16-8+. The third kappa shape index (κ3) is 4.61. The van der Waals surface area contributed by atoms with Gasteiger partial charge >= 0.3 is 0 Å². The average Bonchev–Trinajstić information content (AvgIpc) is 2.68. The number of nitrogens with zero attached hydrogens (tertiary/aromatic N) is 2. The number of hydrogen-bond acceptors (Lipinski definition) is 3. The third-order valence-corrected chi connectivity index (χ3v) is 5.80. The molecule has 0 radical (unpaired) electrons. The molecule has 160 valence electrons. The van der Waals surface area contributed by atoms with Crippen LogP contribution in [-0.4, -0.2) is 18.0 Å². The van der Waals surface area contributed by atoms with Crippen LogP contribution in [0.25, 0.3) is 11.6 Å². The van der Waals surface area contributed by atoms with Crippen LogP contribution in [0, 0.1) is 17.1 Å². The molecule has 0 aromatic heterocycles. The van der Waals surface area contributed by atoms with Crippen molar-refractivity contribution < 1.29 is 9.18 Å². The molecule has 31 heavy (non-hydrogen) atoms. The molecule has 1 amide bonds. The van der Waals surface area contributed by atoms with E-state index in [1.54, 1.807) is 12.1 Å². The van der Waals surface area contributed by atoms with Gasteiger partial charge in [-0.15, -0.1) is 0 Å². The van der Waals surface area contributed by atoms with Gasteiger partial charge in [0, 0.05) is 28.4 Å². The molecule has 0 atom stereocenters. The summed E-state index contributed by atoms with van der Waals surface area (Å²) < 4.78 is 15.0. The first-order chi connectivity index (χ1) is 14.6. The summed E-state index contributed by atoms with van der Waals surface area (Å²) in [4.78, 5) is 14.7. The van der Waals surface area contributed by atoms with Crippen molar-refractivity contribution in [1.82, 2.24) is 0 Å². The maximum atomic E-state index is 15.0. The molecule has 1 aliphatic rings. The lowest BCUT2D eigenvalue weighted by molar-refractivity contribution is -0.112. The van der Waals surface area contributed by atoms with Gasteiger partial charge in [-0.25, -0.2) is 4.39 Å². The number of anilines is 2. The van der Waals surface area contributed by atoms with Crippen molar-refractivity contribution in [2.24, 2.45) is 0 Å². The molecule has 0 aliphatic carbocycles. The van der Waals surface area contributed by atoms with Gasteiger partial charge in [-0.1, -0.05) is 29.3 Å². The Morgan fingerprint density at radius 3 is 2.61 bits per heavy atom. The summed E-state index contributed by atoms with van der Waals surface area (Å²) in [7, 11) is 0. The van der Waals surface area contributed by atoms with E-state index >= 15 is 0 Å². The molecule has 0 bridgehead atoms. The van der Waals surface area contributed by atoms with Crippen molar-refractivity contribution in [2.75, 3.05) is 16.8 Å². The lowest BCUT2D eigenvalue weighted by Gasteiger charge is -2.42. The SMILES string of the molecule is CCN1c2cc(F)c(/C=C(\C#N)C(=O)Nc3ccc(Cl)cc3Cl)cc2C(C)=CC1(C)C. The maximum absolute atomic E-state index is 15.0. The minimum atomic E-state index is -0.688. The highest BCUT2D eigenvalue weighted by atomic mass is 35.5. The van der Waals surface area contributed by atoms with E-state index in [2.05, 4.69) is 30.1 Å². The summed E-state index contributed by atoms with van der Waals surface area (Å²) in [5.74, 6) is -1.19. The van der Waals surface area contributed by atoms with Crippen molar-refractivity contribution >= 4 is 52.1 Å². The normalized spacial score (nSPS) is 15.1. The molecule has 4 nitrogen and oxygen atoms in total. The maximum Gasteiger partial charge on any atom is 0.266 e. The molecule has 3 rings (SSSR count). The second-order valence-electron chi connectivity index (χ2n) is 7.86. The van der Waals surface area contributed by atoms with Gasteiger partial charge in [-0.3, -0.25) is 4.79 Å². The molecular weight excluding hydrogens is 436 g/mol. The number of allylic oxidation sites excluding steroid dienone is 1. The predicted octanol–water partition coefficient (Wildman–Crippen LogP) is 6.70. The van der Waals surface area contributed by atoms with Crippen molar-refractivity contribution in [3.8, 4) is 6.07 Å². The number of benzene rings is 2. The fourth-order valence-corrected chi connectivity index (χ4v) is 4.34. The van der Waals surface area contributed by atoms with E-state index in [0.29, 0.717) is 17.3 Å². The molecule has 1 heterocycles. The summed E-state index contributed by atoms with van der Waals surface area (Å²) in [6.45, 7) is 8.86. The van der Waals surface area contributed by atoms with Crippen LogP contribution in [0.2, 0.25) is 10.0 Å². The van der Waals surface area contributed by atoms with Crippen LogP contribution in [0.3, 0.4) is 0 Å². The highest BCUT2D eigenvalue weighted by Crippen LogP contribution is 2.40. The first-order valence-electron chi connectivity index (χ1n) is 9.76. The molecular formula is C24H22Cl2FN3O. The molecule has 1 N–H and O–H groups in total. The summed E-state index contributed by atoms with van der Waals surface area (Å²) >= 11 is 11.9. The number of fused-ring (bicyclic) bond motifs is 1. The number of nitriles is 1. The van der Waals surface area contributed by atoms with Gasteiger partial charge in [0.25, 0.3) is 5.91 Å². The molecule has 0 saturated heterocycles. The molecule has 7 heteroatoms. The second kappa shape index (κ2) is 8.74. The third-order valence-electron chi connectivity index (χ3n) is 5.26. The smallest absolute Gasteiger partial charge is 0.266 e. The number of nitrogens with one attached hydrogen (secondary N) is 1. The van der Waals surface area contributed by atoms with Gasteiger partial charge in [-0.2, -0.15) is 5.26 Å². The molecule has 2 aromatic carbocycles. The van der Waals surface area contributed by atoms with E-state index in [0.717, 1.165) is 16.8 Å². The zero-order valence-electron chi connectivity index (χ0n) is 17.7. The van der Waals surface area contributed by atoms with Crippen LogP contribution in [0.1, 0.15) is 38.8 Å². The van der Waals surface area contributed by atoms with Gasteiger partial charge in [-0.05, 0) is 69.7 Å². The minimum absolute atomic E-state index is 0.163. The summed E-state index contributed by atoms with van der Waals surface area (Å²) in [5.41, 5.74) is 2.65. The Morgan fingerprint density at radius 1 is 1.29 bits per heavy atom. The van der Waals surface area contributed by atoms with Crippen LogP contribution in [0.4, 0.5) is 15.8 Å². The zero-order chi connectivity index (χ0) is 22.9. The van der Waals surface area contributed by atoms with Gasteiger partial charge < -0.3 is 10.2 Å². The van der Waals surface area contributed by atoms with Crippen LogP contribution in [0.5, 0.6) is 0 Å². The van der Waals surface area contributed by atoms with Crippen LogP contribution < -0.4 is 10.2 Å². The van der Waals surface area contributed by atoms with E-state index in [-0.39, 0.29) is 21.7 Å². The van der Waals surface area contributed by atoms with Gasteiger partial charge in [0.1, 0.15) is 17.5 Å². The number of carbonyl (C=O) groups excluding carboxylic acids is 1. The van der Waals surface area contributed by atoms with Gasteiger partial charge in [0.05, 0.1) is 16.2 Å². The largest absolute Gasteiger partial charge is 0.363 e. The topological polar surface area (TPSA) is 56.1 Å². The number of rotatable bonds is 4. The quantitative estimate of drug-likeness (QED) is 0.410. The number of halogens is 3. The van der Waals surface area contributed by atoms with E-state index in [9.17, 15) is 14.4 Å². The molecule has 0 saturated carbocycles. The Balaban J connectivity index is 1.99. The summed E-state index contributed by atoms with van der Waals surface area (Å²) in [6.07, 6.45) is 3.38. The first kappa shape index (κ1) is 22.9. The Morgan fingerprint density at radius 2 is 2.00 bits per heavy atom. The van der Waals surface area contributed by atoms with Crippen molar-refractivity contribution in [2.45, 2.75) is 33.2 Å². The summed E-state index contributed by atoms with van der Waals surface area (Å²) in [5, 5.41) is 12.7. The van der Waals surface area contributed by atoms with Crippen molar-refractivity contribution in [3.05, 3.63) is 69.0 Å². The Bertz CT molecular complexity index is 1160. The monoisotopic (exact) mass is 457 g/mol. The van der Waals surface area contributed by atoms with Crippen molar-refractivity contribution in [3.63, 3.8) is 0 Å². The predicted molar refractivity (Wildman–Crippen MR) is 126 cm³/mol. The van der Waals surface area contributed by atoms with E-state index in [1.807, 2.05) is 19.9 Å². The lowest BCUT2D eigenvalue weighted by atomic mass is 9.87.